The van der Waals surface area contributed by atoms with Crippen molar-refractivity contribution in [1.29, 1.82) is 5.41 Å². The summed E-state index contributed by atoms with van der Waals surface area (Å²) in [7, 11) is 0. The maximum atomic E-state index is 7.01. The first kappa shape index (κ1) is 7.05. The summed E-state index contributed by atoms with van der Waals surface area (Å²) >= 11 is 0. The third-order valence-electron chi connectivity index (χ3n) is 1.06. The molecule has 0 radical (unpaired) electrons. The van der Waals surface area contributed by atoms with Gasteiger partial charge in [0.25, 0.3) is 5.55 Å². The molecule has 0 aliphatic rings. The van der Waals surface area contributed by atoms with Gasteiger partial charge in [0.05, 0.1) is 0 Å². The molecule has 0 atom stereocenters. The number of nitrogens with one attached hydrogen (secondary N) is 1. The Morgan fingerprint density at radius 1 is 1.80 bits per heavy atom. The SMILES string of the molecule is CC(C)C[n+]1cc(=N)o[n-]1. The van der Waals surface area contributed by atoms with E-state index in [0.717, 1.165) is 6.54 Å². The molecule has 0 aliphatic carbocycles. The van der Waals surface area contributed by atoms with E-state index in [0.29, 0.717) is 5.92 Å². The van der Waals surface area contributed by atoms with Crippen molar-refractivity contribution in [2.75, 3.05) is 0 Å². The van der Waals surface area contributed by atoms with Gasteiger partial charge in [0.15, 0.2) is 0 Å². The highest BCUT2D eigenvalue weighted by Crippen LogP contribution is 1.87. The molecule has 0 aliphatic heterocycles. The largest absolute Gasteiger partial charge is 0.487 e. The predicted molar refractivity (Wildman–Crippen MR) is 32.9 cm³/mol. The number of rotatable bonds is 2. The number of nitrogens with zero attached hydrogens (tertiary/aromatic N) is 2. The third kappa shape index (κ3) is 1.72. The van der Waals surface area contributed by atoms with Crippen LogP contribution in [0.3, 0.4) is 0 Å². The van der Waals surface area contributed by atoms with Crippen molar-refractivity contribution < 1.29 is 9.20 Å². The van der Waals surface area contributed by atoms with Gasteiger partial charge in [-0.1, -0.05) is 13.8 Å². The van der Waals surface area contributed by atoms with E-state index in [-0.39, 0.29) is 5.55 Å². The first-order valence-electron chi connectivity index (χ1n) is 3.26. The highest BCUT2D eigenvalue weighted by atomic mass is 16.5. The fraction of sp³-hybridized carbons (Fsp3) is 0.667. The Morgan fingerprint density at radius 3 is 2.90 bits per heavy atom. The van der Waals surface area contributed by atoms with Crippen LogP contribution in [-0.4, -0.2) is 0 Å². The fourth-order valence-corrected chi connectivity index (χ4v) is 0.739. The van der Waals surface area contributed by atoms with E-state index in [1.165, 1.54) is 0 Å². The minimum absolute atomic E-state index is 0.112. The minimum atomic E-state index is 0.112. The van der Waals surface area contributed by atoms with Gasteiger partial charge in [0.2, 0.25) is 6.20 Å². The summed E-state index contributed by atoms with van der Waals surface area (Å²) in [4.78, 5) is 0. The lowest BCUT2D eigenvalue weighted by molar-refractivity contribution is -0.772. The van der Waals surface area contributed by atoms with Gasteiger partial charge in [-0.15, -0.1) is 0 Å². The molecule has 4 nitrogen and oxygen atoms in total. The monoisotopic (exact) mass is 141 g/mol. The molecule has 0 unspecified atom stereocenters. The maximum Gasteiger partial charge on any atom is 0.264 e. The van der Waals surface area contributed by atoms with Crippen molar-refractivity contribution in [3.05, 3.63) is 11.8 Å². The van der Waals surface area contributed by atoms with Crippen LogP contribution in [0.2, 0.25) is 0 Å². The van der Waals surface area contributed by atoms with Crippen molar-refractivity contribution in [1.82, 2.24) is 5.27 Å². The quantitative estimate of drug-likeness (QED) is 0.573. The van der Waals surface area contributed by atoms with E-state index in [1.807, 2.05) is 0 Å². The van der Waals surface area contributed by atoms with Crippen LogP contribution in [0.4, 0.5) is 0 Å². The molecule has 1 heterocycles. The molecule has 56 valence electrons. The van der Waals surface area contributed by atoms with Crippen molar-refractivity contribution >= 4 is 0 Å². The van der Waals surface area contributed by atoms with E-state index in [9.17, 15) is 0 Å². The van der Waals surface area contributed by atoms with Crippen LogP contribution in [0.25, 0.3) is 0 Å². The lowest BCUT2D eigenvalue weighted by Crippen LogP contribution is -2.39. The Bertz CT molecular complexity index is 247. The zero-order chi connectivity index (χ0) is 7.56. The molecule has 0 saturated carbocycles. The molecular formula is C6H11N3O. The van der Waals surface area contributed by atoms with E-state index in [1.54, 1.807) is 10.9 Å². The van der Waals surface area contributed by atoms with Gasteiger partial charge in [0, 0.05) is 5.92 Å². The molecule has 1 aromatic heterocycles. The van der Waals surface area contributed by atoms with Crippen molar-refractivity contribution in [2.45, 2.75) is 20.4 Å². The Labute approximate surface area is 58.9 Å². The Balaban J connectivity index is 2.67. The van der Waals surface area contributed by atoms with Crippen molar-refractivity contribution in [3.8, 4) is 0 Å². The lowest BCUT2D eigenvalue weighted by atomic mass is 10.2. The molecular weight excluding hydrogens is 130 g/mol. The van der Waals surface area contributed by atoms with Crippen molar-refractivity contribution in [3.63, 3.8) is 0 Å². The summed E-state index contributed by atoms with van der Waals surface area (Å²) in [6.07, 6.45) is 1.57. The summed E-state index contributed by atoms with van der Waals surface area (Å²) in [6, 6.07) is 0. The Hall–Kier alpha value is -1.06. The molecule has 0 saturated heterocycles. The smallest absolute Gasteiger partial charge is 0.264 e. The zero-order valence-electron chi connectivity index (χ0n) is 6.16. The van der Waals surface area contributed by atoms with E-state index >= 15 is 0 Å². The van der Waals surface area contributed by atoms with Crippen LogP contribution in [0, 0.1) is 11.3 Å². The predicted octanol–water partition coefficient (Wildman–Crippen LogP) is -0.340. The molecule has 4 heteroatoms. The first-order valence-corrected chi connectivity index (χ1v) is 3.26. The van der Waals surface area contributed by atoms with Crippen LogP contribution in [-0.2, 0) is 6.54 Å². The Kier molecular flexibility index (Phi) is 1.89. The maximum absolute atomic E-state index is 7.01. The summed E-state index contributed by atoms with van der Waals surface area (Å²) in [5.74, 6) is 0.537. The number of hydrogen-bond acceptors (Lipinski definition) is 2. The highest BCUT2D eigenvalue weighted by molar-refractivity contribution is 4.41. The van der Waals surface area contributed by atoms with Crippen LogP contribution in [0.15, 0.2) is 10.7 Å². The average molecular weight is 141 g/mol. The third-order valence-corrected chi connectivity index (χ3v) is 1.06. The summed E-state index contributed by atoms with van der Waals surface area (Å²) < 4.78 is 6.18. The van der Waals surface area contributed by atoms with Crippen LogP contribution in [0.5, 0.6) is 0 Å². The van der Waals surface area contributed by atoms with Gasteiger partial charge in [0.1, 0.15) is 6.54 Å². The lowest BCUT2D eigenvalue weighted by Gasteiger charge is -1.98. The molecule has 10 heavy (non-hydrogen) atoms. The van der Waals surface area contributed by atoms with E-state index < -0.39 is 0 Å². The van der Waals surface area contributed by atoms with Gasteiger partial charge in [-0.3, -0.25) is 10.7 Å². The van der Waals surface area contributed by atoms with Crippen LogP contribution < -0.4 is 15.5 Å². The second-order valence-corrected chi connectivity index (χ2v) is 2.68. The summed E-state index contributed by atoms with van der Waals surface area (Å²) in [5, 5.41) is 10.6. The van der Waals surface area contributed by atoms with Crippen LogP contribution in [0.1, 0.15) is 13.8 Å². The molecule has 0 spiro atoms. The minimum Gasteiger partial charge on any atom is -0.487 e. The van der Waals surface area contributed by atoms with Gasteiger partial charge in [-0.05, 0) is 0 Å². The zero-order valence-corrected chi connectivity index (χ0v) is 6.16. The summed E-state index contributed by atoms with van der Waals surface area (Å²) in [6.45, 7) is 4.99. The second kappa shape index (κ2) is 2.68. The van der Waals surface area contributed by atoms with Gasteiger partial charge in [-0.2, -0.15) is 0 Å². The molecule has 0 amide bonds. The molecule has 1 N–H and O–H groups in total. The van der Waals surface area contributed by atoms with Gasteiger partial charge >= 0.3 is 0 Å². The normalized spacial score (nSPS) is 10.7. The fourth-order valence-electron chi connectivity index (χ4n) is 0.739. The molecule has 1 aromatic rings. The van der Waals surface area contributed by atoms with Crippen LogP contribution >= 0.6 is 0 Å². The van der Waals surface area contributed by atoms with E-state index in [4.69, 9.17) is 5.41 Å². The molecule has 0 fully saturated rings. The molecule has 0 bridgehead atoms. The number of aromatic nitrogens is 2. The Morgan fingerprint density at radius 2 is 2.50 bits per heavy atom. The summed E-state index contributed by atoms with van der Waals surface area (Å²) in [5.41, 5.74) is 0.112. The topological polar surface area (TPSA) is 55.0 Å². The van der Waals surface area contributed by atoms with Crippen molar-refractivity contribution in [2.24, 2.45) is 5.92 Å². The van der Waals surface area contributed by atoms with E-state index in [2.05, 4.69) is 23.6 Å². The second-order valence-electron chi connectivity index (χ2n) is 2.68. The standard InChI is InChI=1S/C6H11N3O/c1-5(2)3-9-4-6(7)10-8-9/h4-5,7H,3H2,1-2H3. The average Bonchev–Trinajstić information content (AvgIpc) is 2.13. The molecule has 1 rings (SSSR count). The molecule has 0 aromatic carbocycles. The van der Waals surface area contributed by atoms with Gasteiger partial charge < -0.3 is 4.52 Å². The highest BCUT2D eigenvalue weighted by Gasteiger charge is 1.99. The first-order chi connectivity index (χ1) is 4.68. The van der Waals surface area contributed by atoms with Gasteiger partial charge in [-0.25, -0.2) is 4.68 Å². The number of hydrogen-bond donors (Lipinski definition) is 1.